The van der Waals surface area contributed by atoms with Crippen LogP contribution in [0, 0.1) is 46.3 Å². The minimum absolute atomic E-state index is 0.0349. The van der Waals surface area contributed by atoms with Gasteiger partial charge in [-0.05, 0) is 80.0 Å². The van der Waals surface area contributed by atoms with Gasteiger partial charge in [0.2, 0.25) is 0 Å². The van der Waals surface area contributed by atoms with Gasteiger partial charge < -0.3 is 10.2 Å². The SMILES string of the molecule is C[C@H](CCC(=O)O)[C@H]1CC[C@H]2[C@@H]3CC[C@H]4CCCC[C@]4(C)[C@H]3C(=O)[C@H](O)[C@]12C. The standard InChI is InChI=1S/C24H38O4/c1-14(7-12-19(25)26)17-10-11-18-16-9-8-15-6-4-5-13-23(15,2)20(16)21(27)22(28)24(17,18)3/h14-18,20,22,28H,4-13H2,1-3H3,(H,25,26)/t14-,15-,16+,17-,18+,20-,22+,23+,24-/m1/s1. The lowest BCUT2D eigenvalue weighted by Crippen LogP contribution is -2.63. The first-order valence-corrected chi connectivity index (χ1v) is 11.6. The molecule has 158 valence electrons. The molecule has 0 amide bonds. The van der Waals surface area contributed by atoms with E-state index in [0.29, 0.717) is 24.2 Å². The van der Waals surface area contributed by atoms with Crippen molar-refractivity contribution in [3.8, 4) is 0 Å². The summed E-state index contributed by atoms with van der Waals surface area (Å²) in [6.07, 6.45) is 9.32. The molecule has 0 spiro atoms. The van der Waals surface area contributed by atoms with E-state index in [0.717, 1.165) is 25.7 Å². The third-order valence-corrected chi connectivity index (χ3v) is 10.0. The molecule has 4 nitrogen and oxygen atoms in total. The number of Topliss-reactive ketones (excluding diaryl/α,β-unsaturated/α-hetero) is 1. The fourth-order valence-electron chi connectivity index (χ4n) is 8.60. The second kappa shape index (κ2) is 7.11. The van der Waals surface area contributed by atoms with E-state index in [1.54, 1.807) is 0 Å². The number of carbonyl (C=O) groups is 2. The van der Waals surface area contributed by atoms with Crippen LogP contribution in [0.3, 0.4) is 0 Å². The minimum Gasteiger partial charge on any atom is -0.481 e. The molecule has 4 aliphatic rings. The summed E-state index contributed by atoms with van der Waals surface area (Å²) in [5.74, 6) is 1.34. The van der Waals surface area contributed by atoms with Gasteiger partial charge in [0.25, 0.3) is 0 Å². The van der Waals surface area contributed by atoms with Gasteiger partial charge in [-0.1, -0.05) is 33.6 Å². The maximum Gasteiger partial charge on any atom is 0.303 e. The Balaban J connectivity index is 1.63. The molecule has 4 heteroatoms. The highest BCUT2D eigenvalue weighted by Gasteiger charge is 2.66. The third-order valence-electron chi connectivity index (χ3n) is 10.0. The zero-order valence-corrected chi connectivity index (χ0v) is 17.8. The predicted octanol–water partition coefficient (Wildman–Crippen LogP) is 4.69. The number of hydrogen-bond donors (Lipinski definition) is 2. The molecule has 0 heterocycles. The number of hydrogen-bond acceptors (Lipinski definition) is 3. The Morgan fingerprint density at radius 2 is 1.89 bits per heavy atom. The zero-order chi connectivity index (χ0) is 20.3. The largest absolute Gasteiger partial charge is 0.481 e. The number of rotatable bonds is 4. The second-order valence-electron chi connectivity index (χ2n) is 11.0. The van der Waals surface area contributed by atoms with Gasteiger partial charge in [-0.15, -0.1) is 0 Å². The van der Waals surface area contributed by atoms with Crippen LogP contribution in [0.4, 0.5) is 0 Å². The van der Waals surface area contributed by atoms with Crippen LogP contribution in [0.2, 0.25) is 0 Å². The molecule has 4 rings (SSSR count). The minimum atomic E-state index is -0.879. The van der Waals surface area contributed by atoms with E-state index >= 15 is 0 Å². The molecule has 4 fully saturated rings. The number of aliphatic carboxylic acids is 1. The summed E-state index contributed by atoms with van der Waals surface area (Å²) >= 11 is 0. The van der Waals surface area contributed by atoms with Gasteiger partial charge in [-0.3, -0.25) is 9.59 Å². The van der Waals surface area contributed by atoms with Crippen molar-refractivity contribution in [2.24, 2.45) is 46.3 Å². The maximum atomic E-state index is 13.7. The van der Waals surface area contributed by atoms with Crippen molar-refractivity contribution in [2.75, 3.05) is 0 Å². The smallest absolute Gasteiger partial charge is 0.303 e. The van der Waals surface area contributed by atoms with Gasteiger partial charge >= 0.3 is 5.97 Å². The van der Waals surface area contributed by atoms with E-state index in [4.69, 9.17) is 5.11 Å². The lowest BCUT2D eigenvalue weighted by molar-refractivity contribution is -0.183. The molecule has 0 aromatic heterocycles. The molecule has 28 heavy (non-hydrogen) atoms. The van der Waals surface area contributed by atoms with Gasteiger partial charge in [-0.25, -0.2) is 0 Å². The molecule has 0 radical (unpaired) electrons. The van der Waals surface area contributed by atoms with Crippen molar-refractivity contribution in [3.63, 3.8) is 0 Å². The van der Waals surface area contributed by atoms with E-state index in [1.165, 1.54) is 25.7 Å². The van der Waals surface area contributed by atoms with Crippen molar-refractivity contribution < 1.29 is 19.8 Å². The first-order chi connectivity index (χ1) is 13.2. The van der Waals surface area contributed by atoms with Crippen LogP contribution >= 0.6 is 0 Å². The Morgan fingerprint density at radius 3 is 2.61 bits per heavy atom. The number of aliphatic hydroxyl groups excluding tert-OH is 1. The summed E-state index contributed by atoms with van der Waals surface area (Å²) in [7, 11) is 0. The average Bonchev–Trinajstić information content (AvgIpc) is 3.01. The molecule has 0 aromatic carbocycles. The number of fused-ring (bicyclic) bond motifs is 5. The van der Waals surface area contributed by atoms with Crippen molar-refractivity contribution in [2.45, 2.75) is 91.1 Å². The fraction of sp³-hybridized carbons (Fsp3) is 0.917. The second-order valence-corrected chi connectivity index (χ2v) is 11.0. The number of carboxylic acids is 1. The summed E-state index contributed by atoms with van der Waals surface area (Å²) in [5, 5.41) is 20.5. The highest BCUT2D eigenvalue weighted by atomic mass is 16.4. The first kappa shape index (κ1) is 20.4. The van der Waals surface area contributed by atoms with Gasteiger partial charge in [0.1, 0.15) is 6.10 Å². The Kier molecular flexibility index (Phi) is 5.17. The highest BCUT2D eigenvalue weighted by Crippen LogP contribution is 2.67. The zero-order valence-electron chi connectivity index (χ0n) is 17.8. The summed E-state index contributed by atoms with van der Waals surface area (Å²) in [6.45, 7) is 6.63. The van der Waals surface area contributed by atoms with Crippen molar-refractivity contribution in [3.05, 3.63) is 0 Å². The summed E-state index contributed by atoms with van der Waals surface area (Å²) in [6, 6.07) is 0. The molecule has 9 atom stereocenters. The third kappa shape index (κ3) is 2.80. The van der Waals surface area contributed by atoms with Gasteiger partial charge in [0.15, 0.2) is 5.78 Å². The number of carbonyl (C=O) groups excluding carboxylic acids is 1. The van der Waals surface area contributed by atoms with Crippen molar-refractivity contribution in [1.82, 2.24) is 0 Å². The number of aliphatic hydroxyl groups is 1. The van der Waals surface area contributed by atoms with Gasteiger partial charge in [-0.2, -0.15) is 0 Å². The Bertz CT molecular complexity index is 645. The molecule has 4 saturated carbocycles. The predicted molar refractivity (Wildman–Crippen MR) is 108 cm³/mol. The van der Waals surface area contributed by atoms with Crippen LogP contribution < -0.4 is 0 Å². The molecule has 0 saturated heterocycles. The van der Waals surface area contributed by atoms with Crippen LogP contribution in [0.15, 0.2) is 0 Å². The molecular weight excluding hydrogens is 352 g/mol. The van der Waals surface area contributed by atoms with Gasteiger partial charge in [0, 0.05) is 17.8 Å². The molecule has 0 bridgehead atoms. The Labute approximate surface area is 169 Å². The van der Waals surface area contributed by atoms with Crippen molar-refractivity contribution >= 4 is 11.8 Å². The van der Waals surface area contributed by atoms with E-state index in [9.17, 15) is 14.7 Å². The summed E-state index contributed by atoms with van der Waals surface area (Å²) < 4.78 is 0. The van der Waals surface area contributed by atoms with E-state index in [2.05, 4.69) is 20.8 Å². The number of carboxylic acid groups (broad SMARTS) is 1. The van der Waals surface area contributed by atoms with Crippen LogP contribution in [-0.2, 0) is 9.59 Å². The lowest BCUT2D eigenvalue weighted by atomic mass is 9.43. The molecule has 0 aromatic rings. The molecule has 0 aliphatic heterocycles. The van der Waals surface area contributed by atoms with Crippen LogP contribution in [-0.4, -0.2) is 28.1 Å². The molecule has 0 unspecified atom stereocenters. The first-order valence-electron chi connectivity index (χ1n) is 11.6. The van der Waals surface area contributed by atoms with E-state index in [-0.39, 0.29) is 40.8 Å². The quantitative estimate of drug-likeness (QED) is 0.730. The van der Waals surface area contributed by atoms with E-state index in [1.807, 2.05) is 0 Å². The Morgan fingerprint density at radius 1 is 1.14 bits per heavy atom. The van der Waals surface area contributed by atoms with Crippen LogP contribution in [0.25, 0.3) is 0 Å². The van der Waals surface area contributed by atoms with Crippen LogP contribution in [0.5, 0.6) is 0 Å². The maximum absolute atomic E-state index is 13.7. The summed E-state index contributed by atoms with van der Waals surface area (Å²) in [5.41, 5.74) is -0.304. The lowest BCUT2D eigenvalue weighted by Gasteiger charge is -2.61. The van der Waals surface area contributed by atoms with Crippen molar-refractivity contribution in [1.29, 1.82) is 0 Å². The van der Waals surface area contributed by atoms with Crippen LogP contribution in [0.1, 0.15) is 85.0 Å². The average molecular weight is 391 g/mol. The highest BCUT2D eigenvalue weighted by molar-refractivity contribution is 5.88. The van der Waals surface area contributed by atoms with Gasteiger partial charge in [0.05, 0.1) is 0 Å². The molecule has 2 N–H and O–H groups in total. The normalized spacial score (nSPS) is 49.1. The topological polar surface area (TPSA) is 74.6 Å². The molecular formula is C24H38O4. The number of ketones is 1. The summed E-state index contributed by atoms with van der Waals surface area (Å²) in [4.78, 5) is 24.7. The monoisotopic (exact) mass is 390 g/mol. The molecule has 4 aliphatic carbocycles. The fourth-order valence-corrected chi connectivity index (χ4v) is 8.60. The van der Waals surface area contributed by atoms with E-state index < -0.39 is 12.1 Å². The Hall–Kier alpha value is -0.900.